The summed E-state index contributed by atoms with van der Waals surface area (Å²) >= 11 is 0. The minimum Gasteiger partial charge on any atom is -0.459 e. The van der Waals surface area contributed by atoms with Crippen LogP contribution in [0.2, 0.25) is 0 Å². The van der Waals surface area contributed by atoms with E-state index in [-0.39, 0.29) is 11.7 Å². The Labute approximate surface area is 155 Å². The second-order valence-electron chi connectivity index (χ2n) is 6.19. The first kappa shape index (κ1) is 16.8. The fourth-order valence-corrected chi connectivity index (χ4v) is 2.82. The van der Waals surface area contributed by atoms with E-state index in [0.29, 0.717) is 17.4 Å². The van der Waals surface area contributed by atoms with Gasteiger partial charge >= 0.3 is 0 Å². The van der Waals surface area contributed by atoms with Crippen LogP contribution in [0.1, 0.15) is 21.9 Å². The summed E-state index contributed by atoms with van der Waals surface area (Å²) in [4.78, 5) is 16.4. The van der Waals surface area contributed by atoms with Crippen LogP contribution in [0, 0.1) is 13.8 Å². The van der Waals surface area contributed by atoms with Gasteiger partial charge in [0.15, 0.2) is 11.6 Å². The quantitative estimate of drug-likeness (QED) is 0.562. The molecule has 0 atom stereocenters. The normalized spacial score (nSPS) is 10.7. The molecule has 0 aliphatic heterocycles. The van der Waals surface area contributed by atoms with Gasteiger partial charge in [0.2, 0.25) is 0 Å². The highest BCUT2D eigenvalue weighted by Crippen LogP contribution is 2.29. The highest BCUT2D eigenvalue weighted by molar-refractivity contribution is 6.02. The number of aromatic nitrogens is 2. The number of carbonyl (C=O) groups is 1. The Kier molecular flexibility index (Phi) is 4.30. The number of rotatable bonds is 4. The molecule has 0 saturated heterocycles. The summed E-state index contributed by atoms with van der Waals surface area (Å²) in [6.07, 6.45) is 1.47. The van der Waals surface area contributed by atoms with Gasteiger partial charge < -0.3 is 14.3 Å². The van der Waals surface area contributed by atoms with Gasteiger partial charge in [0.05, 0.1) is 6.26 Å². The molecule has 0 unspecified atom stereocenters. The molecule has 0 bridgehead atoms. The Balaban J connectivity index is 1.60. The third-order valence-corrected chi connectivity index (χ3v) is 4.21. The van der Waals surface area contributed by atoms with E-state index in [1.165, 1.54) is 6.26 Å². The maximum atomic E-state index is 12.2. The highest BCUT2D eigenvalue weighted by Gasteiger charge is 2.11. The summed E-state index contributed by atoms with van der Waals surface area (Å²) in [6, 6.07) is 17.0. The molecule has 1 N–H and O–H groups in total. The van der Waals surface area contributed by atoms with Gasteiger partial charge in [-0.05, 0) is 66.9 Å². The molecule has 2 heterocycles. The second-order valence-corrected chi connectivity index (χ2v) is 6.19. The average Bonchev–Trinajstić information content (AvgIpc) is 3.35. The minimum absolute atomic E-state index is 0.274. The number of furan rings is 1. The van der Waals surface area contributed by atoms with Crippen molar-refractivity contribution in [3.63, 3.8) is 0 Å². The number of anilines is 1. The van der Waals surface area contributed by atoms with Crippen molar-refractivity contribution in [3.05, 3.63) is 78.0 Å². The molecule has 2 aromatic carbocycles. The van der Waals surface area contributed by atoms with Gasteiger partial charge in [0.1, 0.15) is 0 Å². The summed E-state index contributed by atoms with van der Waals surface area (Å²) < 4.78 is 10.3. The van der Waals surface area contributed by atoms with Crippen molar-refractivity contribution in [1.29, 1.82) is 0 Å². The number of nitrogens with one attached hydrogen (secondary N) is 1. The van der Waals surface area contributed by atoms with Crippen molar-refractivity contribution < 1.29 is 13.7 Å². The molecule has 0 saturated carbocycles. The standard InChI is InChI=1S/C21H17N3O3/c1-13-5-10-17(23-20(25)19-4-3-11-26-19)12-18(13)15-6-8-16(9-7-15)21-22-14(2)24-27-21/h3-12H,1-2H3,(H,23,25). The van der Waals surface area contributed by atoms with Crippen molar-refractivity contribution in [3.8, 4) is 22.6 Å². The molecular weight excluding hydrogens is 342 g/mol. The number of hydrogen-bond acceptors (Lipinski definition) is 5. The Morgan fingerprint density at radius 1 is 1.00 bits per heavy atom. The van der Waals surface area contributed by atoms with Crippen LogP contribution >= 0.6 is 0 Å². The lowest BCUT2D eigenvalue weighted by molar-refractivity contribution is 0.0996. The summed E-state index contributed by atoms with van der Waals surface area (Å²) in [5.41, 5.74) is 4.72. The van der Waals surface area contributed by atoms with Crippen molar-refractivity contribution in [1.82, 2.24) is 10.1 Å². The maximum absolute atomic E-state index is 12.2. The van der Waals surface area contributed by atoms with Crippen LogP contribution in [0.4, 0.5) is 5.69 Å². The van der Waals surface area contributed by atoms with Crippen LogP contribution in [0.15, 0.2) is 69.8 Å². The summed E-state index contributed by atoms with van der Waals surface area (Å²) in [6.45, 7) is 3.82. The van der Waals surface area contributed by atoms with Gasteiger partial charge in [0, 0.05) is 11.3 Å². The van der Waals surface area contributed by atoms with Crippen molar-refractivity contribution >= 4 is 11.6 Å². The summed E-state index contributed by atoms with van der Waals surface area (Å²) in [5, 5.41) is 6.67. The van der Waals surface area contributed by atoms with E-state index in [9.17, 15) is 4.79 Å². The molecule has 0 radical (unpaired) electrons. The second kappa shape index (κ2) is 6.92. The zero-order valence-corrected chi connectivity index (χ0v) is 14.9. The number of carbonyl (C=O) groups excluding carboxylic acids is 1. The first-order valence-electron chi connectivity index (χ1n) is 8.47. The molecular formula is C21H17N3O3. The molecule has 4 aromatic rings. The van der Waals surface area contributed by atoms with E-state index in [0.717, 1.165) is 22.3 Å². The van der Waals surface area contributed by atoms with Crippen LogP contribution in [0.3, 0.4) is 0 Å². The third kappa shape index (κ3) is 3.50. The topological polar surface area (TPSA) is 81.2 Å². The molecule has 4 rings (SSSR count). The van der Waals surface area contributed by atoms with Gasteiger partial charge in [-0.25, -0.2) is 0 Å². The highest BCUT2D eigenvalue weighted by atomic mass is 16.5. The van der Waals surface area contributed by atoms with Gasteiger partial charge in [0.25, 0.3) is 11.8 Å². The van der Waals surface area contributed by atoms with E-state index in [4.69, 9.17) is 8.94 Å². The summed E-state index contributed by atoms with van der Waals surface area (Å²) in [7, 11) is 0. The predicted octanol–water partition coefficient (Wildman–Crippen LogP) is 4.87. The van der Waals surface area contributed by atoms with E-state index in [2.05, 4.69) is 15.5 Å². The Morgan fingerprint density at radius 3 is 2.44 bits per heavy atom. The lowest BCUT2D eigenvalue weighted by atomic mass is 9.98. The molecule has 6 heteroatoms. The number of aryl methyl sites for hydroxylation is 2. The molecule has 0 aliphatic rings. The van der Waals surface area contributed by atoms with Crippen LogP contribution in [0.5, 0.6) is 0 Å². The largest absolute Gasteiger partial charge is 0.459 e. The number of hydrogen-bond donors (Lipinski definition) is 1. The van der Waals surface area contributed by atoms with E-state index in [1.807, 2.05) is 49.4 Å². The Bertz CT molecular complexity index is 1080. The third-order valence-electron chi connectivity index (χ3n) is 4.21. The minimum atomic E-state index is -0.281. The lowest BCUT2D eigenvalue weighted by Crippen LogP contribution is -2.10. The van der Waals surface area contributed by atoms with Crippen molar-refractivity contribution in [2.75, 3.05) is 5.32 Å². The van der Waals surface area contributed by atoms with Crippen LogP contribution in [-0.4, -0.2) is 16.0 Å². The zero-order valence-electron chi connectivity index (χ0n) is 14.9. The fourth-order valence-electron chi connectivity index (χ4n) is 2.82. The molecule has 6 nitrogen and oxygen atoms in total. The van der Waals surface area contributed by atoms with Gasteiger partial charge in [-0.15, -0.1) is 0 Å². The van der Waals surface area contributed by atoms with E-state index >= 15 is 0 Å². The molecule has 2 aromatic heterocycles. The van der Waals surface area contributed by atoms with Crippen LogP contribution in [-0.2, 0) is 0 Å². The molecule has 0 fully saturated rings. The van der Waals surface area contributed by atoms with Crippen LogP contribution in [0.25, 0.3) is 22.6 Å². The van der Waals surface area contributed by atoms with Crippen molar-refractivity contribution in [2.24, 2.45) is 0 Å². The summed E-state index contributed by atoms with van der Waals surface area (Å²) in [5.74, 6) is 1.09. The SMILES string of the molecule is Cc1noc(-c2ccc(-c3cc(NC(=O)c4ccco4)ccc3C)cc2)n1. The van der Waals surface area contributed by atoms with Gasteiger partial charge in [-0.2, -0.15) is 4.98 Å². The van der Waals surface area contributed by atoms with Crippen molar-refractivity contribution in [2.45, 2.75) is 13.8 Å². The van der Waals surface area contributed by atoms with E-state index in [1.54, 1.807) is 19.1 Å². The Hall–Kier alpha value is -3.67. The number of benzene rings is 2. The molecule has 0 spiro atoms. The number of amides is 1. The van der Waals surface area contributed by atoms with Gasteiger partial charge in [-0.3, -0.25) is 4.79 Å². The lowest BCUT2D eigenvalue weighted by Gasteiger charge is -2.10. The van der Waals surface area contributed by atoms with Gasteiger partial charge in [-0.1, -0.05) is 23.4 Å². The molecule has 134 valence electrons. The monoisotopic (exact) mass is 359 g/mol. The molecule has 1 amide bonds. The van der Waals surface area contributed by atoms with E-state index < -0.39 is 0 Å². The fraction of sp³-hybridized carbons (Fsp3) is 0.0952. The van der Waals surface area contributed by atoms with Crippen LogP contribution < -0.4 is 5.32 Å². The Morgan fingerprint density at radius 2 is 1.78 bits per heavy atom. The first-order chi connectivity index (χ1) is 13.1. The zero-order chi connectivity index (χ0) is 18.8. The molecule has 27 heavy (non-hydrogen) atoms. The first-order valence-corrected chi connectivity index (χ1v) is 8.47. The predicted molar refractivity (Wildman–Crippen MR) is 101 cm³/mol. The average molecular weight is 359 g/mol. The maximum Gasteiger partial charge on any atom is 0.291 e. The molecule has 0 aliphatic carbocycles. The number of nitrogens with zero attached hydrogens (tertiary/aromatic N) is 2. The smallest absolute Gasteiger partial charge is 0.291 e.